The van der Waals surface area contributed by atoms with E-state index in [0.29, 0.717) is 19.6 Å². The van der Waals surface area contributed by atoms with Gasteiger partial charge in [0.1, 0.15) is 6.04 Å². The summed E-state index contributed by atoms with van der Waals surface area (Å²) < 4.78 is 5.15. The lowest BCUT2D eigenvalue weighted by Crippen LogP contribution is -2.60. The van der Waals surface area contributed by atoms with E-state index in [4.69, 9.17) is 4.74 Å². The molecule has 1 fully saturated rings. The number of piperazine rings is 1. The number of amides is 1. The number of carbonyl (C=O) groups excluding carboxylic acids is 2. The predicted octanol–water partition coefficient (Wildman–Crippen LogP) is 1.22. The minimum absolute atomic E-state index is 0.0365. The maximum atomic E-state index is 12.6. The summed E-state index contributed by atoms with van der Waals surface area (Å²) in [6, 6.07) is -0.610. The maximum absolute atomic E-state index is 12.6. The molecule has 2 atom stereocenters. The summed E-state index contributed by atoms with van der Waals surface area (Å²) in [6.07, 6.45) is 5.49. The lowest BCUT2D eigenvalue weighted by Gasteiger charge is -2.37. The Morgan fingerprint density at radius 2 is 2.14 bits per heavy atom. The van der Waals surface area contributed by atoms with Crippen molar-refractivity contribution in [2.24, 2.45) is 0 Å². The number of ether oxygens (including phenoxy) is 1. The fraction of sp³-hybridized carbons (Fsp3) is 0.857. The molecule has 1 N–H and O–H groups in total. The fourth-order valence-corrected chi connectivity index (χ4v) is 3.33. The normalized spacial score (nSPS) is 20.4. The molecule has 0 spiro atoms. The summed E-state index contributed by atoms with van der Waals surface area (Å²) in [4.78, 5) is 26.5. The minimum Gasteiger partial charge on any atom is -0.464 e. The number of esters is 1. The molecule has 21 heavy (non-hydrogen) atoms. The molecular weight excluding hydrogens is 308 g/mol. The molecule has 122 valence electrons. The van der Waals surface area contributed by atoms with Gasteiger partial charge in [-0.15, -0.1) is 0 Å². The molecule has 1 heterocycles. The number of thioether (sulfide) groups is 2. The van der Waals surface area contributed by atoms with E-state index < -0.39 is 6.04 Å². The summed E-state index contributed by atoms with van der Waals surface area (Å²) in [5.74, 6) is 1.54. The molecule has 0 unspecified atom stereocenters. The fourth-order valence-electron chi connectivity index (χ4n) is 2.40. The molecule has 0 bridgehead atoms. The van der Waals surface area contributed by atoms with Gasteiger partial charge < -0.3 is 15.0 Å². The molecule has 1 saturated heterocycles. The third-order valence-corrected chi connectivity index (χ3v) is 4.75. The van der Waals surface area contributed by atoms with Crippen molar-refractivity contribution in [3.8, 4) is 0 Å². The maximum Gasteiger partial charge on any atom is 0.328 e. The second kappa shape index (κ2) is 10.3. The quantitative estimate of drug-likeness (QED) is 0.640. The van der Waals surface area contributed by atoms with Crippen LogP contribution < -0.4 is 5.32 Å². The van der Waals surface area contributed by atoms with Crippen LogP contribution in [-0.2, 0) is 14.3 Å². The second-order valence-electron chi connectivity index (χ2n) is 4.87. The third-order valence-electron chi connectivity index (χ3n) is 3.47. The van der Waals surface area contributed by atoms with Crippen molar-refractivity contribution in [3.63, 3.8) is 0 Å². The van der Waals surface area contributed by atoms with E-state index in [1.807, 2.05) is 12.5 Å². The van der Waals surface area contributed by atoms with E-state index in [1.165, 1.54) is 0 Å². The molecule has 0 radical (unpaired) electrons. The summed E-state index contributed by atoms with van der Waals surface area (Å²) >= 11 is 3.41. The van der Waals surface area contributed by atoms with E-state index in [2.05, 4.69) is 5.32 Å². The highest BCUT2D eigenvalue weighted by Crippen LogP contribution is 2.16. The van der Waals surface area contributed by atoms with Crippen LogP contribution in [0.15, 0.2) is 0 Å². The van der Waals surface area contributed by atoms with E-state index in [9.17, 15) is 9.59 Å². The Balaban J connectivity index is 2.74. The van der Waals surface area contributed by atoms with Crippen molar-refractivity contribution in [1.82, 2.24) is 10.2 Å². The molecule has 0 aliphatic carbocycles. The molecule has 0 saturated carbocycles. The zero-order valence-electron chi connectivity index (χ0n) is 13.1. The first-order valence-corrected chi connectivity index (χ1v) is 10.1. The van der Waals surface area contributed by atoms with Crippen molar-refractivity contribution in [2.75, 3.05) is 43.7 Å². The van der Waals surface area contributed by atoms with Crippen LogP contribution in [0.4, 0.5) is 0 Å². The Bertz CT molecular complexity index is 342. The first-order valence-electron chi connectivity index (χ1n) is 7.34. The molecule has 1 aliphatic rings. The Labute approximate surface area is 135 Å². The van der Waals surface area contributed by atoms with Crippen LogP contribution in [-0.4, -0.2) is 72.6 Å². The van der Waals surface area contributed by atoms with Crippen molar-refractivity contribution in [2.45, 2.75) is 31.8 Å². The number of nitrogens with one attached hydrogen (secondary N) is 1. The molecule has 0 aromatic carbocycles. The topological polar surface area (TPSA) is 58.6 Å². The summed E-state index contributed by atoms with van der Waals surface area (Å²) in [5.41, 5.74) is 0. The standard InChI is InChI=1S/C14H26N2O3S2/c1-4-19-14(18)12(6-10-21-3)16-8-7-15-11(13(16)17)5-9-20-2/h11-12,15H,4-10H2,1-3H3/t11-,12-/m0/s1. The SMILES string of the molecule is CCOC(=O)[C@H](CCSC)N1CCN[C@@H](CCSC)C1=O. The highest BCUT2D eigenvalue weighted by Gasteiger charge is 2.36. The van der Waals surface area contributed by atoms with Crippen LogP contribution in [0.2, 0.25) is 0 Å². The minimum atomic E-state index is -0.441. The van der Waals surface area contributed by atoms with Gasteiger partial charge in [0, 0.05) is 13.1 Å². The van der Waals surface area contributed by atoms with Crippen molar-refractivity contribution in [1.29, 1.82) is 0 Å². The molecule has 1 rings (SSSR count). The highest BCUT2D eigenvalue weighted by molar-refractivity contribution is 7.98. The number of hydrogen-bond donors (Lipinski definition) is 1. The van der Waals surface area contributed by atoms with Crippen molar-refractivity contribution in [3.05, 3.63) is 0 Å². The average Bonchev–Trinajstić information content (AvgIpc) is 2.48. The zero-order chi connectivity index (χ0) is 15.7. The van der Waals surface area contributed by atoms with Crippen molar-refractivity contribution < 1.29 is 14.3 Å². The summed E-state index contributed by atoms with van der Waals surface area (Å²) in [5, 5.41) is 3.25. The van der Waals surface area contributed by atoms with Gasteiger partial charge in [0.05, 0.1) is 12.6 Å². The Morgan fingerprint density at radius 1 is 1.43 bits per heavy atom. The van der Waals surface area contributed by atoms with E-state index in [-0.39, 0.29) is 17.9 Å². The van der Waals surface area contributed by atoms with Crippen LogP contribution in [0.25, 0.3) is 0 Å². The summed E-state index contributed by atoms with van der Waals surface area (Å²) in [7, 11) is 0. The molecule has 7 heteroatoms. The van der Waals surface area contributed by atoms with Crippen LogP contribution in [0, 0.1) is 0 Å². The lowest BCUT2D eigenvalue weighted by molar-refractivity contribution is -0.156. The van der Waals surface area contributed by atoms with Crippen LogP contribution in [0.3, 0.4) is 0 Å². The first kappa shape index (κ1) is 18.6. The summed E-state index contributed by atoms with van der Waals surface area (Å²) in [6.45, 7) is 3.46. The molecule has 0 aromatic rings. The van der Waals surface area contributed by atoms with E-state index in [0.717, 1.165) is 24.5 Å². The predicted molar refractivity (Wildman–Crippen MR) is 89.9 cm³/mol. The van der Waals surface area contributed by atoms with Gasteiger partial charge in [0.15, 0.2) is 0 Å². The van der Waals surface area contributed by atoms with E-state index in [1.54, 1.807) is 35.3 Å². The van der Waals surface area contributed by atoms with Crippen LogP contribution >= 0.6 is 23.5 Å². The lowest BCUT2D eigenvalue weighted by atomic mass is 10.1. The third kappa shape index (κ3) is 5.71. The second-order valence-corrected chi connectivity index (χ2v) is 6.84. The van der Waals surface area contributed by atoms with Crippen LogP contribution in [0.1, 0.15) is 19.8 Å². The highest BCUT2D eigenvalue weighted by atomic mass is 32.2. The van der Waals surface area contributed by atoms with Crippen LogP contribution in [0.5, 0.6) is 0 Å². The molecule has 1 amide bonds. The Morgan fingerprint density at radius 3 is 2.76 bits per heavy atom. The Hall–Kier alpha value is -0.400. The largest absolute Gasteiger partial charge is 0.464 e. The van der Waals surface area contributed by atoms with Gasteiger partial charge in [-0.05, 0) is 43.8 Å². The molecule has 1 aliphatic heterocycles. The van der Waals surface area contributed by atoms with Gasteiger partial charge in [0.2, 0.25) is 5.91 Å². The van der Waals surface area contributed by atoms with E-state index >= 15 is 0 Å². The Kier molecular flexibility index (Phi) is 9.19. The van der Waals surface area contributed by atoms with Gasteiger partial charge in [-0.2, -0.15) is 23.5 Å². The number of carbonyl (C=O) groups is 2. The molecule has 0 aromatic heterocycles. The van der Waals surface area contributed by atoms with Crippen molar-refractivity contribution >= 4 is 35.4 Å². The number of hydrogen-bond acceptors (Lipinski definition) is 6. The smallest absolute Gasteiger partial charge is 0.328 e. The first-order chi connectivity index (χ1) is 10.2. The van der Waals surface area contributed by atoms with Gasteiger partial charge in [-0.25, -0.2) is 4.79 Å². The number of rotatable bonds is 9. The molecular formula is C14H26N2O3S2. The van der Waals surface area contributed by atoms with Gasteiger partial charge in [0.25, 0.3) is 0 Å². The van der Waals surface area contributed by atoms with Gasteiger partial charge in [-0.3, -0.25) is 4.79 Å². The average molecular weight is 335 g/mol. The molecule has 5 nitrogen and oxygen atoms in total. The van der Waals surface area contributed by atoms with Gasteiger partial charge >= 0.3 is 5.97 Å². The zero-order valence-corrected chi connectivity index (χ0v) is 14.7. The monoisotopic (exact) mass is 334 g/mol. The number of nitrogens with zero attached hydrogens (tertiary/aromatic N) is 1. The van der Waals surface area contributed by atoms with Gasteiger partial charge in [-0.1, -0.05) is 0 Å².